The third-order valence-corrected chi connectivity index (χ3v) is 4.07. The maximum atomic E-state index is 12.2. The Morgan fingerprint density at radius 2 is 1.96 bits per heavy atom. The Morgan fingerprint density at radius 3 is 2.74 bits per heavy atom. The van der Waals surface area contributed by atoms with Crippen molar-refractivity contribution in [1.29, 1.82) is 0 Å². The Labute approximate surface area is 165 Å². The summed E-state index contributed by atoms with van der Waals surface area (Å²) >= 11 is 11.8. The monoisotopic (exact) mass is 403 g/mol. The second-order valence-corrected chi connectivity index (χ2v) is 6.39. The van der Waals surface area contributed by atoms with Crippen LogP contribution in [0.3, 0.4) is 0 Å². The fourth-order valence-electron chi connectivity index (χ4n) is 2.34. The Hall–Kier alpha value is -2.90. The van der Waals surface area contributed by atoms with Gasteiger partial charge in [-0.15, -0.1) is 0 Å². The maximum Gasteiger partial charge on any atom is 0.271 e. The molecule has 0 bridgehead atoms. The first-order valence-electron chi connectivity index (χ1n) is 7.98. The van der Waals surface area contributed by atoms with Gasteiger partial charge in [0, 0.05) is 24.6 Å². The Kier molecular flexibility index (Phi) is 6.05. The minimum atomic E-state index is -0.435. The van der Waals surface area contributed by atoms with Gasteiger partial charge in [-0.25, -0.2) is 4.98 Å². The van der Waals surface area contributed by atoms with Gasteiger partial charge >= 0.3 is 0 Å². The zero-order valence-electron chi connectivity index (χ0n) is 14.0. The van der Waals surface area contributed by atoms with Crippen LogP contribution in [0.4, 0.5) is 5.69 Å². The first-order chi connectivity index (χ1) is 13.0. The lowest BCUT2D eigenvalue weighted by Crippen LogP contribution is -2.24. The van der Waals surface area contributed by atoms with Gasteiger partial charge in [-0.3, -0.25) is 14.3 Å². The highest BCUT2D eigenvalue weighted by Crippen LogP contribution is 2.17. The van der Waals surface area contributed by atoms with Gasteiger partial charge in [0.25, 0.3) is 5.91 Å². The maximum absolute atomic E-state index is 12.2. The van der Waals surface area contributed by atoms with Crippen molar-refractivity contribution in [3.8, 4) is 0 Å². The van der Waals surface area contributed by atoms with E-state index in [0.29, 0.717) is 5.69 Å². The van der Waals surface area contributed by atoms with Gasteiger partial charge in [-0.1, -0.05) is 35.3 Å². The lowest BCUT2D eigenvalue weighted by molar-refractivity contribution is -0.116. The lowest BCUT2D eigenvalue weighted by atomic mass is 10.2. The van der Waals surface area contributed by atoms with Crippen LogP contribution in [-0.4, -0.2) is 26.6 Å². The minimum Gasteiger partial charge on any atom is -0.347 e. The SMILES string of the molecule is O=C(Cn1cccn1)Nc1cccc(CNC(=O)c2nc(Cl)ccc2Cl)c1. The Balaban J connectivity index is 1.59. The summed E-state index contributed by atoms with van der Waals surface area (Å²) in [6, 6.07) is 11.9. The molecule has 0 aliphatic carbocycles. The van der Waals surface area contributed by atoms with Crippen molar-refractivity contribution in [3.63, 3.8) is 0 Å². The zero-order chi connectivity index (χ0) is 19.2. The summed E-state index contributed by atoms with van der Waals surface area (Å²) < 4.78 is 1.53. The van der Waals surface area contributed by atoms with E-state index in [9.17, 15) is 9.59 Å². The molecule has 1 aromatic carbocycles. The second kappa shape index (κ2) is 8.66. The molecule has 0 saturated heterocycles. The van der Waals surface area contributed by atoms with Crippen LogP contribution in [0.2, 0.25) is 10.2 Å². The van der Waals surface area contributed by atoms with E-state index in [1.54, 1.807) is 36.7 Å². The number of carbonyl (C=O) groups excluding carboxylic acids is 2. The molecular weight excluding hydrogens is 389 g/mol. The molecule has 0 radical (unpaired) electrons. The van der Waals surface area contributed by atoms with E-state index in [2.05, 4.69) is 20.7 Å². The largest absolute Gasteiger partial charge is 0.347 e. The summed E-state index contributed by atoms with van der Waals surface area (Å²) in [6.07, 6.45) is 3.32. The fourth-order valence-corrected chi connectivity index (χ4v) is 2.68. The summed E-state index contributed by atoms with van der Waals surface area (Å²) in [6.45, 7) is 0.360. The summed E-state index contributed by atoms with van der Waals surface area (Å²) in [5.41, 5.74) is 1.49. The van der Waals surface area contributed by atoms with Crippen molar-refractivity contribution in [2.75, 3.05) is 5.32 Å². The van der Waals surface area contributed by atoms with E-state index in [1.807, 2.05) is 6.07 Å². The minimum absolute atomic E-state index is 0.0628. The van der Waals surface area contributed by atoms with Crippen LogP contribution >= 0.6 is 23.2 Å². The molecular formula is C18H15Cl2N5O2. The summed E-state index contributed by atoms with van der Waals surface area (Å²) in [5.74, 6) is -0.634. The molecule has 9 heteroatoms. The second-order valence-electron chi connectivity index (χ2n) is 5.60. The number of hydrogen-bond acceptors (Lipinski definition) is 4. The highest BCUT2D eigenvalue weighted by atomic mass is 35.5. The number of aromatic nitrogens is 3. The summed E-state index contributed by atoms with van der Waals surface area (Å²) in [5, 5.41) is 9.92. The number of hydrogen-bond donors (Lipinski definition) is 2. The zero-order valence-corrected chi connectivity index (χ0v) is 15.5. The number of halogens is 2. The molecule has 0 atom stereocenters. The summed E-state index contributed by atoms with van der Waals surface area (Å²) in [4.78, 5) is 28.2. The third-order valence-electron chi connectivity index (χ3n) is 3.56. The van der Waals surface area contributed by atoms with Crippen LogP contribution in [0, 0.1) is 0 Å². The van der Waals surface area contributed by atoms with E-state index < -0.39 is 5.91 Å². The molecule has 0 spiro atoms. The molecule has 2 aromatic heterocycles. The first kappa shape index (κ1) is 18.9. The van der Waals surface area contributed by atoms with Crippen LogP contribution in [-0.2, 0) is 17.9 Å². The number of amides is 2. The van der Waals surface area contributed by atoms with Crippen molar-refractivity contribution in [1.82, 2.24) is 20.1 Å². The lowest BCUT2D eigenvalue weighted by Gasteiger charge is -2.09. The van der Waals surface area contributed by atoms with Gasteiger partial charge in [0.15, 0.2) is 0 Å². The first-order valence-corrected chi connectivity index (χ1v) is 8.73. The van der Waals surface area contributed by atoms with E-state index in [1.165, 1.54) is 16.8 Å². The smallest absolute Gasteiger partial charge is 0.271 e. The van der Waals surface area contributed by atoms with Gasteiger partial charge in [0.2, 0.25) is 5.91 Å². The molecule has 2 heterocycles. The highest BCUT2D eigenvalue weighted by molar-refractivity contribution is 6.34. The molecule has 0 fully saturated rings. The Morgan fingerprint density at radius 1 is 1.11 bits per heavy atom. The predicted octanol–water partition coefficient (Wildman–Crippen LogP) is 3.15. The molecule has 3 rings (SSSR count). The van der Waals surface area contributed by atoms with Gasteiger partial charge < -0.3 is 10.6 Å². The van der Waals surface area contributed by atoms with Crippen LogP contribution < -0.4 is 10.6 Å². The number of nitrogens with zero attached hydrogens (tertiary/aromatic N) is 3. The van der Waals surface area contributed by atoms with Crippen molar-refractivity contribution in [2.24, 2.45) is 0 Å². The molecule has 0 aliphatic rings. The standard InChI is InChI=1S/C18H15Cl2N5O2/c19-14-5-6-15(20)24-17(14)18(27)21-10-12-3-1-4-13(9-12)23-16(26)11-25-8-2-7-22-25/h1-9H,10-11H2,(H,21,27)(H,23,26). The topological polar surface area (TPSA) is 88.9 Å². The average molecular weight is 404 g/mol. The fraction of sp³-hybridized carbons (Fsp3) is 0.111. The number of benzene rings is 1. The summed E-state index contributed by atoms with van der Waals surface area (Å²) in [7, 11) is 0. The van der Waals surface area contributed by atoms with Crippen LogP contribution in [0.1, 0.15) is 16.1 Å². The van der Waals surface area contributed by atoms with Crippen molar-refractivity contribution < 1.29 is 9.59 Å². The van der Waals surface area contributed by atoms with E-state index >= 15 is 0 Å². The van der Waals surface area contributed by atoms with Crippen LogP contribution in [0.5, 0.6) is 0 Å². The van der Waals surface area contributed by atoms with E-state index in [-0.39, 0.29) is 34.9 Å². The van der Waals surface area contributed by atoms with Crippen LogP contribution in [0.15, 0.2) is 54.9 Å². The van der Waals surface area contributed by atoms with Crippen molar-refractivity contribution >= 4 is 40.7 Å². The Bertz CT molecular complexity index is 960. The molecule has 0 unspecified atom stereocenters. The molecule has 7 nitrogen and oxygen atoms in total. The molecule has 27 heavy (non-hydrogen) atoms. The molecule has 2 amide bonds. The molecule has 138 valence electrons. The van der Waals surface area contributed by atoms with E-state index in [4.69, 9.17) is 23.2 Å². The molecule has 0 aliphatic heterocycles. The molecule has 3 aromatic rings. The number of anilines is 1. The third kappa shape index (κ3) is 5.29. The highest BCUT2D eigenvalue weighted by Gasteiger charge is 2.13. The molecule has 2 N–H and O–H groups in total. The van der Waals surface area contributed by atoms with Gasteiger partial charge in [-0.05, 0) is 35.9 Å². The number of pyridine rings is 1. The van der Waals surface area contributed by atoms with Crippen molar-refractivity contribution in [2.45, 2.75) is 13.1 Å². The number of nitrogens with one attached hydrogen (secondary N) is 2. The number of carbonyl (C=O) groups is 2. The number of rotatable bonds is 6. The van der Waals surface area contributed by atoms with Gasteiger partial charge in [0.1, 0.15) is 17.4 Å². The van der Waals surface area contributed by atoms with Crippen LogP contribution in [0.25, 0.3) is 0 Å². The normalized spacial score (nSPS) is 10.4. The quantitative estimate of drug-likeness (QED) is 0.618. The van der Waals surface area contributed by atoms with E-state index in [0.717, 1.165) is 5.56 Å². The van der Waals surface area contributed by atoms with Gasteiger partial charge in [0.05, 0.1) is 5.02 Å². The van der Waals surface area contributed by atoms with Crippen molar-refractivity contribution in [3.05, 3.63) is 76.3 Å². The average Bonchev–Trinajstić information content (AvgIpc) is 3.15. The van der Waals surface area contributed by atoms with Gasteiger partial charge in [-0.2, -0.15) is 5.10 Å². The predicted molar refractivity (Wildman–Crippen MR) is 103 cm³/mol. The molecule has 0 saturated carbocycles.